The maximum absolute atomic E-state index is 13.1. The van der Waals surface area contributed by atoms with Gasteiger partial charge in [-0.2, -0.15) is 0 Å². The molecule has 1 heterocycles. The van der Waals surface area contributed by atoms with Gasteiger partial charge in [-0.1, -0.05) is 0 Å². The predicted octanol–water partition coefficient (Wildman–Crippen LogP) is 2.68. The van der Waals surface area contributed by atoms with Crippen molar-refractivity contribution in [3.05, 3.63) is 62.0 Å². The summed E-state index contributed by atoms with van der Waals surface area (Å²) in [5.41, 5.74) is 0.400. The predicted molar refractivity (Wildman–Crippen MR) is 66.0 cm³/mol. The molecule has 0 spiro atoms. The Bertz CT molecular complexity index is 728. The van der Waals surface area contributed by atoms with E-state index in [-0.39, 0.29) is 22.4 Å². The summed E-state index contributed by atoms with van der Waals surface area (Å²) in [7, 11) is 0. The van der Waals surface area contributed by atoms with Gasteiger partial charge in [0.25, 0.3) is 5.56 Å². The lowest BCUT2D eigenvalue weighted by Crippen LogP contribution is -2.15. The summed E-state index contributed by atoms with van der Waals surface area (Å²) < 4.78 is 40.7. The molecule has 0 saturated carbocycles. The first-order valence-corrected chi connectivity index (χ1v) is 5.73. The molecule has 0 aliphatic carbocycles. The average Bonchev–Trinajstić information content (AvgIpc) is 2.30. The number of aromatic nitrogens is 2. The Morgan fingerprint density at radius 1 is 1.21 bits per heavy atom. The van der Waals surface area contributed by atoms with E-state index in [0.29, 0.717) is 5.69 Å². The molecule has 0 atom stereocenters. The van der Waals surface area contributed by atoms with Crippen molar-refractivity contribution in [1.29, 1.82) is 0 Å². The molecule has 1 aromatic carbocycles. The van der Waals surface area contributed by atoms with Crippen LogP contribution in [0, 0.1) is 29.1 Å². The summed E-state index contributed by atoms with van der Waals surface area (Å²) in [5.74, 6) is -4.03. The summed E-state index contributed by atoms with van der Waals surface area (Å²) >= 11 is 4.96. The van der Waals surface area contributed by atoms with Gasteiger partial charge in [0.1, 0.15) is 0 Å². The zero-order valence-electron chi connectivity index (χ0n) is 9.84. The zero-order chi connectivity index (χ0) is 14.2. The van der Waals surface area contributed by atoms with E-state index in [2.05, 4.69) is 4.98 Å². The van der Waals surface area contributed by atoms with Crippen LogP contribution in [0.15, 0.2) is 23.0 Å². The van der Waals surface area contributed by atoms with Crippen LogP contribution in [-0.2, 0) is 6.54 Å². The number of halogens is 3. The smallest absolute Gasteiger partial charge is 0.251 e. The van der Waals surface area contributed by atoms with Crippen LogP contribution in [-0.4, -0.2) is 9.55 Å². The van der Waals surface area contributed by atoms with Crippen molar-refractivity contribution in [2.45, 2.75) is 13.5 Å². The monoisotopic (exact) mass is 286 g/mol. The van der Waals surface area contributed by atoms with E-state index < -0.39 is 17.5 Å². The maximum Gasteiger partial charge on any atom is 0.251 e. The number of aromatic amines is 1. The van der Waals surface area contributed by atoms with Gasteiger partial charge >= 0.3 is 0 Å². The molecular formula is C12H9F3N2OS. The molecule has 7 heteroatoms. The molecule has 0 fully saturated rings. The van der Waals surface area contributed by atoms with Crippen molar-refractivity contribution >= 4 is 12.2 Å². The second-order valence-corrected chi connectivity index (χ2v) is 4.43. The first-order valence-electron chi connectivity index (χ1n) is 5.32. The molecule has 1 N–H and O–H groups in total. The van der Waals surface area contributed by atoms with Gasteiger partial charge in [0.15, 0.2) is 22.2 Å². The number of hydrogen-bond acceptors (Lipinski definition) is 2. The third-order valence-corrected chi connectivity index (χ3v) is 2.95. The highest BCUT2D eigenvalue weighted by Gasteiger charge is 2.11. The molecule has 2 aromatic rings. The summed E-state index contributed by atoms with van der Waals surface area (Å²) in [6.45, 7) is 1.68. The van der Waals surface area contributed by atoms with Crippen LogP contribution in [0.5, 0.6) is 0 Å². The first-order chi connectivity index (χ1) is 8.88. The summed E-state index contributed by atoms with van der Waals surface area (Å²) in [6.07, 6.45) is 0. The quantitative estimate of drug-likeness (QED) is 0.681. The van der Waals surface area contributed by atoms with Crippen LogP contribution in [0.1, 0.15) is 11.3 Å². The number of benzene rings is 1. The molecule has 0 radical (unpaired) electrons. The molecule has 0 saturated heterocycles. The topological polar surface area (TPSA) is 37.8 Å². The molecule has 1 aromatic heterocycles. The Hall–Kier alpha value is -1.89. The first kappa shape index (κ1) is 13.5. The molecule has 0 aliphatic rings. The lowest BCUT2D eigenvalue weighted by Gasteiger charge is -2.10. The van der Waals surface area contributed by atoms with Gasteiger partial charge in [-0.15, -0.1) is 0 Å². The number of hydrogen-bond donors (Lipinski definition) is 1. The fraction of sp³-hybridized carbons (Fsp3) is 0.167. The number of nitrogens with one attached hydrogen (secondary N) is 1. The SMILES string of the molecule is Cc1cc(=O)[nH]c(=S)n1Cc1cc(F)c(F)c(F)c1. The fourth-order valence-corrected chi connectivity index (χ4v) is 2.02. The second-order valence-electron chi connectivity index (χ2n) is 4.04. The Balaban J connectivity index is 2.48. The summed E-state index contributed by atoms with van der Waals surface area (Å²) in [6, 6.07) is 3.10. The van der Waals surface area contributed by atoms with Crippen molar-refractivity contribution in [2.75, 3.05) is 0 Å². The van der Waals surface area contributed by atoms with Gasteiger partial charge in [-0.3, -0.25) is 9.78 Å². The minimum atomic E-state index is -1.51. The summed E-state index contributed by atoms with van der Waals surface area (Å²) in [4.78, 5) is 13.6. The molecular weight excluding hydrogens is 277 g/mol. The zero-order valence-corrected chi connectivity index (χ0v) is 10.7. The third-order valence-electron chi connectivity index (χ3n) is 2.63. The highest BCUT2D eigenvalue weighted by molar-refractivity contribution is 7.71. The van der Waals surface area contributed by atoms with Crippen molar-refractivity contribution in [1.82, 2.24) is 9.55 Å². The average molecular weight is 286 g/mol. The second kappa shape index (κ2) is 5.00. The standard InChI is InChI=1S/C12H9F3N2OS/c1-6-2-10(18)16-12(19)17(6)5-7-3-8(13)11(15)9(14)4-7/h2-4H,5H2,1H3,(H,16,18,19). The van der Waals surface area contributed by atoms with Gasteiger partial charge < -0.3 is 4.57 Å². The van der Waals surface area contributed by atoms with Crippen molar-refractivity contribution in [3.8, 4) is 0 Å². The largest absolute Gasteiger partial charge is 0.318 e. The minimum absolute atomic E-state index is 0.0373. The van der Waals surface area contributed by atoms with Gasteiger partial charge in [-0.05, 0) is 36.8 Å². The van der Waals surface area contributed by atoms with E-state index in [1.807, 2.05) is 0 Å². The highest BCUT2D eigenvalue weighted by atomic mass is 32.1. The Kier molecular flexibility index (Phi) is 3.57. The molecule has 0 bridgehead atoms. The van der Waals surface area contributed by atoms with Gasteiger partial charge in [0.05, 0.1) is 6.54 Å². The van der Waals surface area contributed by atoms with E-state index in [9.17, 15) is 18.0 Å². The lowest BCUT2D eigenvalue weighted by molar-refractivity contribution is 0.444. The number of nitrogens with zero attached hydrogens (tertiary/aromatic N) is 1. The van der Waals surface area contributed by atoms with E-state index in [0.717, 1.165) is 12.1 Å². The van der Waals surface area contributed by atoms with Crippen molar-refractivity contribution in [3.63, 3.8) is 0 Å². The Morgan fingerprint density at radius 2 is 1.79 bits per heavy atom. The molecule has 0 aliphatic heterocycles. The lowest BCUT2D eigenvalue weighted by atomic mass is 10.2. The maximum atomic E-state index is 13.1. The van der Waals surface area contributed by atoms with E-state index in [1.165, 1.54) is 10.6 Å². The van der Waals surface area contributed by atoms with Crippen LogP contribution in [0.2, 0.25) is 0 Å². The van der Waals surface area contributed by atoms with Crippen LogP contribution >= 0.6 is 12.2 Å². The van der Waals surface area contributed by atoms with E-state index in [4.69, 9.17) is 12.2 Å². The number of aryl methyl sites for hydroxylation is 1. The Morgan fingerprint density at radius 3 is 2.32 bits per heavy atom. The van der Waals surface area contributed by atoms with Crippen LogP contribution in [0.4, 0.5) is 13.2 Å². The number of rotatable bonds is 2. The van der Waals surface area contributed by atoms with E-state index >= 15 is 0 Å². The van der Waals surface area contributed by atoms with Gasteiger partial charge in [0, 0.05) is 11.8 Å². The highest BCUT2D eigenvalue weighted by Crippen LogP contribution is 2.15. The van der Waals surface area contributed by atoms with Gasteiger partial charge in [-0.25, -0.2) is 13.2 Å². The van der Waals surface area contributed by atoms with Crippen LogP contribution in [0.3, 0.4) is 0 Å². The Labute approximate surface area is 111 Å². The molecule has 0 unspecified atom stereocenters. The summed E-state index contributed by atoms with van der Waals surface area (Å²) in [5, 5.41) is 0. The van der Waals surface area contributed by atoms with Crippen LogP contribution in [0.25, 0.3) is 0 Å². The molecule has 19 heavy (non-hydrogen) atoms. The molecule has 3 nitrogen and oxygen atoms in total. The normalized spacial score (nSPS) is 10.7. The molecule has 0 amide bonds. The fourth-order valence-electron chi connectivity index (χ4n) is 1.72. The molecule has 2 rings (SSSR count). The third kappa shape index (κ3) is 2.76. The van der Waals surface area contributed by atoms with Crippen molar-refractivity contribution in [2.24, 2.45) is 0 Å². The molecule has 100 valence electrons. The van der Waals surface area contributed by atoms with Crippen molar-refractivity contribution < 1.29 is 13.2 Å². The van der Waals surface area contributed by atoms with Crippen LogP contribution < -0.4 is 5.56 Å². The number of H-pyrrole nitrogens is 1. The minimum Gasteiger partial charge on any atom is -0.318 e. The van der Waals surface area contributed by atoms with Gasteiger partial charge in [0.2, 0.25) is 0 Å². The van der Waals surface area contributed by atoms with E-state index in [1.54, 1.807) is 6.92 Å².